The van der Waals surface area contributed by atoms with Gasteiger partial charge in [-0.15, -0.1) is 6.54 Å². The average Bonchev–Trinajstić information content (AvgIpc) is 1.76. The van der Waals surface area contributed by atoms with Gasteiger partial charge in [0.15, 0.2) is 0 Å². The van der Waals surface area contributed by atoms with Gasteiger partial charge in [-0.05, 0) is 6.54 Å². The molecule has 1 aliphatic rings. The average molecular weight is 136 g/mol. The molecule has 1 nitrogen and oxygen atoms in total. The van der Waals surface area contributed by atoms with Gasteiger partial charge < -0.3 is 19.2 Å². The molecule has 0 bridgehead atoms. The topological polar surface area (TPSA) is 12.0 Å². The van der Waals surface area contributed by atoms with Gasteiger partial charge >= 0.3 is 18.6 Å². The van der Waals surface area contributed by atoms with Crippen LogP contribution in [0, 0.1) is 13.8 Å². The third kappa shape index (κ3) is 4.40. The van der Waals surface area contributed by atoms with E-state index in [1.807, 2.05) is 0 Å². The van der Waals surface area contributed by atoms with E-state index in [1.165, 1.54) is 13.0 Å². The predicted octanol–water partition coefficient (Wildman–Crippen LogP) is 0.632. The normalized spacial score (nSPS) is 17.1. The van der Waals surface area contributed by atoms with E-state index in [-0.39, 0.29) is 26.0 Å². The zero-order valence-corrected chi connectivity index (χ0v) is 6.04. The van der Waals surface area contributed by atoms with Crippen molar-refractivity contribution < 1.29 is 18.6 Å². The van der Waals surface area contributed by atoms with Gasteiger partial charge in [0.1, 0.15) is 0 Å². The Hall–Kier alpha value is 0.544. The van der Waals surface area contributed by atoms with Crippen LogP contribution in [-0.4, -0.2) is 13.1 Å². The molecule has 1 aliphatic heterocycles. The van der Waals surface area contributed by atoms with Crippen molar-refractivity contribution in [1.82, 2.24) is 5.32 Å². The zero-order chi connectivity index (χ0) is 3.54. The molecule has 1 saturated heterocycles. The summed E-state index contributed by atoms with van der Waals surface area (Å²) < 4.78 is 0. The summed E-state index contributed by atoms with van der Waals surface area (Å²) in [5, 5.41) is 3.17. The predicted molar refractivity (Wildman–Crippen MR) is 28.2 cm³/mol. The summed E-state index contributed by atoms with van der Waals surface area (Å²) in [4.78, 5) is 0. The van der Waals surface area contributed by atoms with Crippen LogP contribution >= 0.6 is 0 Å². The summed E-state index contributed by atoms with van der Waals surface area (Å²) in [5.41, 5.74) is 0. The van der Waals surface area contributed by atoms with Crippen molar-refractivity contribution >= 4 is 0 Å². The van der Waals surface area contributed by atoms with Crippen LogP contribution in [0.1, 0.15) is 6.42 Å². The zero-order valence-electron chi connectivity index (χ0n) is 4.65. The molecule has 0 atom stereocenters. The Bertz CT molecular complexity index is 19.7. The van der Waals surface area contributed by atoms with Gasteiger partial charge in [0.2, 0.25) is 0 Å². The molecule has 7 heavy (non-hydrogen) atoms. The van der Waals surface area contributed by atoms with Gasteiger partial charge in [-0.3, -0.25) is 0 Å². The molecule has 1 N–H and O–H groups in total. The third-order valence-corrected chi connectivity index (χ3v) is 0.814. The van der Waals surface area contributed by atoms with Crippen LogP contribution in [0.25, 0.3) is 0 Å². The van der Waals surface area contributed by atoms with E-state index in [9.17, 15) is 0 Å². The van der Waals surface area contributed by atoms with Gasteiger partial charge in [-0.1, -0.05) is 0 Å². The first kappa shape index (κ1) is 10.5. The number of rotatable bonds is 0. The molecule has 41 valence electrons. The third-order valence-electron chi connectivity index (χ3n) is 0.814. The van der Waals surface area contributed by atoms with Crippen LogP contribution in [0.15, 0.2) is 0 Å². The van der Waals surface area contributed by atoms with E-state index in [4.69, 9.17) is 0 Å². The van der Waals surface area contributed by atoms with Crippen molar-refractivity contribution in [2.45, 2.75) is 6.42 Å². The fourth-order valence-corrected chi connectivity index (χ4v) is 0.510. The van der Waals surface area contributed by atoms with Gasteiger partial charge in [0.25, 0.3) is 0 Å². The molecular formula is C5H11NV. The van der Waals surface area contributed by atoms with E-state index < -0.39 is 0 Å². The Kier molecular flexibility index (Phi) is 9.83. The van der Waals surface area contributed by atoms with E-state index in [0.717, 1.165) is 6.54 Å². The minimum absolute atomic E-state index is 0. The van der Waals surface area contributed by atoms with Crippen LogP contribution in [-0.2, 0) is 18.6 Å². The van der Waals surface area contributed by atoms with E-state index >= 15 is 0 Å². The van der Waals surface area contributed by atoms with Crippen molar-refractivity contribution in [3.8, 4) is 0 Å². The molecule has 0 unspecified atom stereocenters. The molecule has 0 saturated carbocycles. The summed E-state index contributed by atoms with van der Waals surface area (Å²) >= 11 is 0. The van der Waals surface area contributed by atoms with Crippen LogP contribution in [0.3, 0.4) is 0 Å². The number of hydrogen-bond donors (Lipinski definition) is 1. The minimum Gasteiger partial charge on any atom is -0.358 e. The second kappa shape index (κ2) is 6.54. The first-order chi connectivity index (χ1) is 2.50. The molecule has 0 aromatic rings. The second-order valence-electron chi connectivity index (χ2n) is 1.28. The van der Waals surface area contributed by atoms with Crippen LogP contribution in [0.5, 0.6) is 0 Å². The molecule has 0 aliphatic carbocycles. The summed E-state index contributed by atoms with van der Waals surface area (Å²) in [5.74, 6) is 0. The van der Waals surface area contributed by atoms with E-state index in [0.29, 0.717) is 0 Å². The summed E-state index contributed by atoms with van der Waals surface area (Å²) in [6.45, 7) is 2.32. The van der Waals surface area contributed by atoms with Gasteiger partial charge in [-0.25, -0.2) is 0 Å². The second-order valence-corrected chi connectivity index (χ2v) is 1.28. The van der Waals surface area contributed by atoms with Crippen molar-refractivity contribution in [3.63, 3.8) is 0 Å². The van der Waals surface area contributed by atoms with Crippen LogP contribution in [0.2, 0.25) is 0 Å². The van der Waals surface area contributed by atoms with Crippen molar-refractivity contribution in [3.05, 3.63) is 13.8 Å². The van der Waals surface area contributed by atoms with Crippen molar-refractivity contribution in [2.75, 3.05) is 13.1 Å². The quantitative estimate of drug-likeness (QED) is 0.481. The number of nitrogens with one attached hydrogen (secondary N) is 1. The summed E-state index contributed by atoms with van der Waals surface area (Å²) in [6, 6.07) is 0. The SMILES string of the molecule is [CH-]1CCNC1.[CH3-].[V+2]. The van der Waals surface area contributed by atoms with Crippen molar-refractivity contribution in [1.29, 1.82) is 0 Å². The van der Waals surface area contributed by atoms with Crippen LogP contribution < -0.4 is 5.32 Å². The Balaban J connectivity index is 0. The Labute approximate surface area is 57.8 Å². The molecule has 0 spiro atoms. The maximum absolute atomic E-state index is 3.17. The standard InChI is InChI=1S/C4H8N.CH3.V/c1-2-4-5-3-1;;/h1,5H,2-4H2;1H3;/q2*-1;+2. The fraction of sp³-hybridized carbons (Fsp3) is 0.600. The summed E-state index contributed by atoms with van der Waals surface area (Å²) in [6.07, 6.45) is 3.51. The molecule has 1 heterocycles. The van der Waals surface area contributed by atoms with Gasteiger partial charge in [-0.2, -0.15) is 6.42 Å². The monoisotopic (exact) mass is 136 g/mol. The maximum Gasteiger partial charge on any atom is 2.00 e. The smallest absolute Gasteiger partial charge is 0.358 e. The van der Waals surface area contributed by atoms with E-state index in [2.05, 4.69) is 11.7 Å². The molecule has 0 aromatic heterocycles. The molecule has 0 aromatic carbocycles. The Morgan fingerprint density at radius 2 is 2.14 bits per heavy atom. The van der Waals surface area contributed by atoms with Gasteiger partial charge in [0.05, 0.1) is 0 Å². The molecule has 1 radical (unpaired) electrons. The Morgan fingerprint density at radius 1 is 1.43 bits per heavy atom. The van der Waals surface area contributed by atoms with Crippen LogP contribution in [0.4, 0.5) is 0 Å². The number of hydrogen-bond acceptors (Lipinski definition) is 1. The van der Waals surface area contributed by atoms with Crippen molar-refractivity contribution in [2.24, 2.45) is 0 Å². The van der Waals surface area contributed by atoms with E-state index in [1.54, 1.807) is 0 Å². The molecular weight excluding hydrogens is 125 g/mol. The molecule has 0 amide bonds. The molecule has 2 heteroatoms. The summed E-state index contributed by atoms with van der Waals surface area (Å²) in [7, 11) is 0. The van der Waals surface area contributed by atoms with Gasteiger partial charge in [0, 0.05) is 0 Å². The maximum atomic E-state index is 3.17. The largest absolute Gasteiger partial charge is 2.00 e. The minimum atomic E-state index is 0. The fourth-order valence-electron chi connectivity index (χ4n) is 0.510. The molecule has 1 rings (SSSR count). The first-order valence-electron chi connectivity index (χ1n) is 2.02. The Morgan fingerprint density at radius 3 is 2.29 bits per heavy atom. The first-order valence-corrected chi connectivity index (χ1v) is 2.02. The molecule has 1 fully saturated rings.